The number of aromatic nitrogens is 2. The molecule has 28 heavy (non-hydrogen) atoms. The monoisotopic (exact) mass is 399 g/mol. The number of anilines is 3. The third-order valence-corrected chi connectivity index (χ3v) is 3.34. The van der Waals surface area contributed by atoms with Crippen LogP contribution in [0.2, 0.25) is 0 Å². The van der Waals surface area contributed by atoms with Crippen LogP contribution in [0.3, 0.4) is 0 Å². The van der Waals surface area contributed by atoms with Crippen molar-refractivity contribution in [2.45, 2.75) is 13.1 Å². The van der Waals surface area contributed by atoms with Crippen LogP contribution in [0.4, 0.5) is 35.4 Å². The standard InChI is InChI=1S/C17H20F3N5O3/c1-11-10-14(21-6-8-28-9-7-26)24-15(22-11)25-16(27)23-13-4-2-12(3-5-13)17(18,19)20/h2-5,10,26H,6-9H2,1H3,(H3,21,22,23,24,25,27). The van der Waals surface area contributed by atoms with E-state index in [0.717, 1.165) is 24.3 Å². The van der Waals surface area contributed by atoms with E-state index >= 15 is 0 Å². The summed E-state index contributed by atoms with van der Waals surface area (Å²) in [6, 6.07) is 5.03. The number of aliphatic hydroxyl groups excluding tert-OH is 1. The van der Waals surface area contributed by atoms with Gasteiger partial charge in [0.25, 0.3) is 0 Å². The number of hydrogen-bond acceptors (Lipinski definition) is 6. The SMILES string of the molecule is Cc1cc(NCCOCCO)nc(NC(=O)Nc2ccc(C(F)(F)F)cc2)n1. The number of urea groups is 1. The van der Waals surface area contributed by atoms with Gasteiger partial charge in [0.05, 0.1) is 25.4 Å². The van der Waals surface area contributed by atoms with Gasteiger partial charge in [0.1, 0.15) is 5.82 Å². The molecule has 0 aliphatic heterocycles. The summed E-state index contributed by atoms with van der Waals surface area (Å²) in [7, 11) is 0. The van der Waals surface area contributed by atoms with Crippen LogP contribution < -0.4 is 16.0 Å². The van der Waals surface area contributed by atoms with E-state index in [1.165, 1.54) is 0 Å². The minimum absolute atomic E-state index is 0.0307. The fourth-order valence-electron chi connectivity index (χ4n) is 2.14. The Kier molecular flexibility index (Phi) is 7.52. The van der Waals surface area contributed by atoms with Crippen LogP contribution in [0.5, 0.6) is 0 Å². The third kappa shape index (κ3) is 7.00. The molecule has 0 saturated carbocycles. The van der Waals surface area contributed by atoms with Gasteiger partial charge in [-0.15, -0.1) is 0 Å². The smallest absolute Gasteiger partial charge is 0.394 e. The molecule has 1 aromatic heterocycles. The van der Waals surface area contributed by atoms with Gasteiger partial charge in [0.15, 0.2) is 0 Å². The zero-order chi connectivity index (χ0) is 20.6. The molecule has 0 radical (unpaired) electrons. The van der Waals surface area contributed by atoms with Crippen molar-refractivity contribution >= 4 is 23.5 Å². The maximum atomic E-state index is 12.6. The van der Waals surface area contributed by atoms with Crippen LogP contribution in [0.25, 0.3) is 0 Å². The van der Waals surface area contributed by atoms with E-state index in [4.69, 9.17) is 9.84 Å². The molecule has 0 bridgehead atoms. The first-order chi connectivity index (χ1) is 13.3. The second-order valence-electron chi connectivity index (χ2n) is 5.64. The molecule has 2 aromatic rings. The molecular weight excluding hydrogens is 379 g/mol. The van der Waals surface area contributed by atoms with E-state index in [2.05, 4.69) is 25.9 Å². The second kappa shape index (κ2) is 9.85. The highest BCUT2D eigenvalue weighted by Crippen LogP contribution is 2.29. The summed E-state index contributed by atoms with van der Waals surface area (Å²) in [5, 5.41) is 16.5. The Balaban J connectivity index is 1.92. The Labute approximate surface area is 159 Å². The first-order valence-corrected chi connectivity index (χ1v) is 8.31. The lowest BCUT2D eigenvalue weighted by molar-refractivity contribution is -0.137. The summed E-state index contributed by atoms with van der Waals surface area (Å²) in [4.78, 5) is 20.2. The van der Waals surface area contributed by atoms with Crippen molar-refractivity contribution in [3.8, 4) is 0 Å². The van der Waals surface area contributed by atoms with Gasteiger partial charge in [0, 0.05) is 24.0 Å². The van der Waals surface area contributed by atoms with E-state index in [0.29, 0.717) is 24.7 Å². The number of aliphatic hydroxyl groups is 1. The van der Waals surface area contributed by atoms with Crippen molar-refractivity contribution in [2.24, 2.45) is 0 Å². The minimum Gasteiger partial charge on any atom is -0.394 e. The molecule has 0 atom stereocenters. The Hall–Kier alpha value is -2.92. The topological polar surface area (TPSA) is 108 Å². The molecule has 0 aliphatic carbocycles. The fourth-order valence-corrected chi connectivity index (χ4v) is 2.14. The molecule has 1 heterocycles. The predicted molar refractivity (Wildman–Crippen MR) is 97.2 cm³/mol. The summed E-state index contributed by atoms with van der Waals surface area (Å²) in [5.74, 6) is 0.494. The number of carbonyl (C=O) groups excluding carboxylic acids is 1. The van der Waals surface area contributed by atoms with Crippen molar-refractivity contribution in [1.29, 1.82) is 0 Å². The lowest BCUT2D eigenvalue weighted by Crippen LogP contribution is -2.21. The first kappa shape index (κ1) is 21.4. The van der Waals surface area contributed by atoms with Gasteiger partial charge >= 0.3 is 12.2 Å². The number of rotatable bonds is 8. The number of nitrogens with one attached hydrogen (secondary N) is 3. The van der Waals surface area contributed by atoms with Crippen LogP contribution in [0.15, 0.2) is 30.3 Å². The van der Waals surface area contributed by atoms with Crippen molar-refractivity contribution in [3.63, 3.8) is 0 Å². The van der Waals surface area contributed by atoms with Gasteiger partial charge < -0.3 is 20.5 Å². The van der Waals surface area contributed by atoms with Crippen molar-refractivity contribution in [3.05, 3.63) is 41.6 Å². The number of aryl methyl sites for hydroxylation is 1. The lowest BCUT2D eigenvalue weighted by atomic mass is 10.2. The Bertz CT molecular complexity index is 785. The second-order valence-corrected chi connectivity index (χ2v) is 5.64. The highest BCUT2D eigenvalue weighted by Gasteiger charge is 2.29. The molecule has 0 spiro atoms. The van der Waals surface area contributed by atoms with Gasteiger partial charge in [-0.2, -0.15) is 18.2 Å². The zero-order valence-corrected chi connectivity index (χ0v) is 15.0. The molecule has 0 unspecified atom stereocenters. The number of benzene rings is 1. The molecule has 1 aromatic carbocycles. The average molecular weight is 399 g/mol. The molecule has 0 saturated heterocycles. The van der Waals surface area contributed by atoms with E-state index in [9.17, 15) is 18.0 Å². The number of carbonyl (C=O) groups is 1. The van der Waals surface area contributed by atoms with E-state index in [-0.39, 0.29) is 24.8 Å². The molecule has 8 nitrogen and oxygen atoms in total. The Morgan fingerprint density at radius 1 is 1.14 bits per heavy atom. The normalized spacial score (nSPS) is 11.2. The van der Waals surface area contributed by atoms with Crippen molar-refractivity contribution in [1.82, 2.24) is 9.97 Å². The van der Waals surface area contributed by atoms with E-state index < -0.39 is 17.8 Å². The number of hydrogen-bond donors (Lipinski definition) is 4. The predicted octanol–water partition coefficient (Wildman–Crippen LogP) is 2.87. The average Bonchev–Trinajstić information content (AvgIpc) is 2.60. The number of amides is 2. The van der Waals surface area contributed by atoms with Crippen LogP contribution >= 0.6 is 0 Å². The molecule has 4 N–H and O–H groups in total. The molecule has 152 valence electrons. The highest BCUT2D eigenvalue weighted by atomic mass is 19.4. The number of halogens is 3. The summed E-state index contributed by atoms with van der Waals surface area (Å²) in [6.45, 7) is 2.69. The molecular formula is C17H20F3N5O3. The first-order valence-electron chi connectivity index (χ1n) is 8.31. The number of nitrogens with zero attached hydrogens (tertiary/aromatic N) is 2. The maximum Gasteiger partial charge on any atom is 0.416 e. The molecule has 2 rings (SSSR count). The minimum atomic E-state index is -4.44. The third-order valence-electron chi connectivity index (χ3n) is 3.34. The van der Waals surface area contributed by atoms with Gasteiger partial charge in [-0.1, -0.05) is 0 Å². The van der Waals surface area contributed by atoms with Gasteiger partial charge in [-0.05, 0) is 31.2 Å². The van der Waals surface area contributed by atoms with E-state index in [1.54, 1.807) is 13.0 Å². The van der Waals surface area contributed by atoms with Crippen LogP contribution in [-0.4, -0.2) is 47.5 Å². The highest BCUT2D eigenvalue weighted by molar-refractivity contribution is 5.98. The van der Waals surface area contributed by atoms with Crippen molar-refractivity contribution < 1.29 is 27.8 Å². The zero-order valence-electron chi connectivity index (χ0n) is 15.0. The van der Waals surface area contributed by atoms with Crippen LogP contribution in [-0.2, 0) is 10.9 Å². The maximum absolute atomic E-state index is 12.6. The summed E-state index contributed by atoms with van der Waals surface area (Å²) in [6.07, 6.45) is -4.44. The van der Waals surface area contributed by atoms with Crippen molar-refractivity contribution in [2.75, 3.05) is 42.3 Å². The fraction of sp³-hybridized carbons (Fsp3) is 0.353. The van der Waals surface area contributed by atoms with Gasteiger partial charge in [0.2, 0.25) is 5.95 Å². The van der Waals surface area contributed by atoms with Gasteiger partial charge in [-0.3, -0.25) is 5.32 Å². The number of ether oxygens (including phenoxy) is 1. The number of alkyl halides is 3. The molecule has 11 heteroatoms. The van der Waals surface area contributed by atoms with E-state index in [1.807, 2.05) is 0 Å². The Morgan fingerprint density at radius 3 is 2.50 bits per heavy atom. The quantitative estimate of drug-likeness (QED) is 0.509. The van der Waals surface area contributed by atoms with Crippen LogP contribution in [0.1, 0.15) is 11.3 Å². The van der Waals surface area contributed by atoms with Crippen LogP contribution in [0, 0.1) is 6.92 Å². The Morgan fingerprint density at radius 2 is 1.86 bits per heavy atom. The molecule has 2 amide bonds. The summed E-state index contributed by atoms with van der Waals surface area (Å²) < 4.78 is 42.8. The lowest BCUT2D eigenvalue weighted by Gasteiger charge is -2.11. The largest absolute Gasteiger partial charge is 0.416 e. The summed E-state index contributed by atoms with van der Waals surface area (Å²) in [5.41, 5.74) is -0.0182. The molecule has 0 aliphatic rings. The van der Waals surface area contributed by atoms with Gasteiger partial charge in [-0.25, -0.2) is 9.78 Å². The molecule has 0 fully saturated rings. The summed E-state index contributed by atoms with van der Waals surface area (Å²) >= 11 is 0.